The monoisotopic (exact) mass is 253 g/mol. The molecule has 0 radical (unpaired) electrons. The van der Waals surface area contributed by atoms with Gasteiger partial charge in [0.15, 0.2) is 0 Å². The number of hydrogen-bond donors (Lipinski definition) is 2. The standard InChI is InChI=1S/C8H6ClF2NO2S/c9-5-3-4(12)1-2-6(5)15-8(10,11)7(13)14/h1-3H,12H2,(H,13,14). The molecule has 0 aliphatic rings. The number of nitrogens with two attached hydrogens (primary N) is 1. The van der Waals surface area contributed by atoms with Gasteiger partial charge in [0, 0.05) is 10.6 Å². The summed E-state index contributed by atoms with van der Waals surface area (Å²) in [6.45, 7) is 0. The van der Waals surface area contributed by atoms with Crippen LogP contribution in [-0.4, -0.2) is 16.3 Å². The highest BCUT2D eigenvalue weighted by molar-refractivity contribution is 8.01. The quantitative estimate of drug-likeness (QED) is 0.642. The van der Waals surface area contributed by atoms with Crippen molar-refractivity contribution in [3.05, 3.63) is 23.2 Å². The second kappa shape index (κ2) is 4.24. The number of rotatable bonds is 3. The molecule has 0 saturated carbocycles. The van der Waals surface area contributed by atoms with Gasteiger partial charge in [-0.2, -0.15) is 8.78 Å². The predicted molar refractivity (Wildman–Crippen MR) is 54.3 cm³/mol. The van der Waals surface area contributed by atoms with Gasteiger partial charge in [-0.25, -0.2) is 4.79 Å². The van der Waals surface area contributed by atoms with Crippen LogP contribution in [-0.2, 0) is 4.79 Å². The number of carboxylic acids is 1. The van der Waals surface area contributed by atoms with E-state index in [0.717, 1.165) is 0 Å². The smallest absolute Gasteiger partial charge is 0.393 e. The molecule has 0 saturated heterocycles. The summed E-state index contributed by atoms with van der Waals surface area (Å²) in [5, 5.41) is 4.31. The summed E-state index contributed by atoms with van der Waals surface area (Å²) in [6.07, 6.45) is 0. The Kier molecular flexibility index (Phi) is 3.41. The van der Waals surface area contributed by atoms with Gasteiger partial charge in [0.1, 0.15) is 0 Å². The lowest BCUT2D eigenvalue weighted by molar-refractivity contribution is -0.152. The van der Waals surface area contributed by atoms with E-state index in [1.54, 1.807) is 0 Å². The molecular weight excluding hydrogens is 248 g/mol. The van der Waals surface area contributed by atoms with Crippen molar-refractivity contribution in [3.8, 4) is 0 Å². The number of thioether (sulfide) groups is 1. The molecule has 0 spiro atoms. The van der Waals surface area contributed by atoms with Gasteiger partial charge in [-0.05, 0) is 30.0 Å². The van der Waals surface area contributed by atoms with Crippen LogP contribution >= 0.6 is 23.4 Å². The highest BCUT2D eigenvalue weighted by Crippen LogP contribution is 2.39. The zero-order valence-electron chi connectivity index (χ0n) is 7.21. The van der Waals surface area contributed by atoms with Crippen LogP contribution in [0.5, 0.6) is 0 Å². The van der Waals surface area contributed by atoms with Crippen molar-refractivity contribution in [2.45, 2.75) is 10.2 Å². The normalized spacial score (nSPS) is 11.4. The van der Waals surface area contributed by atoms with Gasteiger partial charge in [-0.15, -0.1) is 0 Å². The maximum absolute atomic E-state index is 12.8. The number of benzene rings is 1. The first-order valence-electron chi connectivity index (χ1n) is 3.68. The molecule has 1 aromatic carbocycles. The van der Waals surface area contributed by atoms with Crippen LogP contribution in [0.15, 0.2) is 23.1 Å². The molecule has 15 heavy (non-hydrogen) atoms. The molecule has 0 atom stereocenters. The molecule has 0 aliphatic heterocycles. The Hall–Kier alpha value is -1.01. The van der Waals surface area contributed by atoms with E-state index in [9.17, 15) is 13.6 Å². The number of nitrogen functional groups attached to an aromatic ring is 1. The predicted octanol–water partition coefficient (Wildman–Crippen LogP) is 2.69. The van der Waals surface area contributed by atoms with Crippen molar-refractivity contribution in [2.75, 3.05) is 5.73 Å². The number of alkyl halides is 2. The molecule has 0 aromatic heterocycles. The maximum atomic E-state index is 12.8. The van der Waals surface area contributed by atoms with E-state index >= 15 is 0 Å². The first kappa shape index (κ1) is 12.1. The van der Waals surface area contributed by atoms with E-state index in [4.69, 9.17) is 22.4 Å². The topological polar surface area (TPSA) is 63.3 Å². The van der Waals surface area contributed by atoms with Crippen molar-refractivity contribution in [1.82, 2.24) is 0 Å². The second-order valence-corrected chi connectivity index (χ2v) is 4.18. The Morgan fingerprint density at radius 3 is 2.60 bits per heavy atom. The molecule has 0 amide bonds. The number of carbonyl (C=O) groups is 1. The molecule has 0 bridgehead atoms. The lowest BCUT2D eigenvalue weighted by Gasteiger charge is -2.11. The lowest BCUT2D eigenvalue weighted by Crippen LogP contribution is -2.23. The van der Waals surface area contributed by atoms with Gasteiger partial charge in [0.25, 0.3) is 0 Å². The molecule has 3 nitrogen and oxygen atoms in total. The van der Waals surface area contributed by atoms with E-state index in [1.807, 2.05) is 0 Å². The third-order valence-corrected chi connectivity index (χ3v) is 2.87. The van der Waals surface area contributed by atoms with Crippen LogP contribution in [0.1, 0.15) is 0 Å². The van der Waals surface area contributed by atoms with E-state index in [1.165, 1.54) is 18.2 Å². The molecule has 0 fully saturated rings. The average Bonchev–Trinajstić information content (AvgIpc) is 2.09. The van der Waals surface area contributed by atoms with Crippen molar-refractivity contribution < 1.29 is 18.7 Å². The van der Waals surface area contributed by atoms with Gasteiger partial charge in [-0.3, -0.25) is 0 Å². The largest absolute Gasteiger partial charge is 0.476 e. The van der Waals surface area contributed by atoms with Crippen molar-refractivity contribution in [1.29, 1.82) is 0 Å². The van der Waals surface area contributed by atoms with Crippen LogP contribution in [0.2, 0.25) is 5.02 Å². The molecule has 0 unspecified atom stereocenters. The Morgan fingerprint density at radius 1 is 1.53 bits per heavy atom. The zero-order chi connectivity index (χ0) is 11.6. The fourth-order valence-electron chi connectivity index (χ4n) is 0.782. The van der Waals surface area contributed by atoms with Gasteiger partial charge in [-0.1, -0.05) is 11.6 Å². The Morgan fingerprint density at radius 2 is 2.13 bits per heavy atom. The van der Waals surface area contributed by atoms with Gasteiger partial charge < -0.3 is 10.8 Å². The van der Waals surface area contributed by atoms with E-state index < -0.39 is 11.2 Å². The van der Waals surface area contributed by atoms with Gasteiger partial charge >= 0.3 is 11.2 Å². The van der Waals surface area contributed by atoms with Gasteiger partial charge in [0.2, 0.25) is 0 Å². The van der Waals surface area contributed by atoms with Crippen LogP contribution in [0.3, 0.4) is 0 Å². The third-order valence-electron chi connectivity index (χ3n) is 1.44. The number of anilines is 1. The van der Waals surface area contributed by atoms with Crippen molar-refractivity contribution >= 4 is 35.0 Å². The molecule has 1 rings (SSSR count). The minimum atomic E-state index is -3.90. The summed E-state index contributed by atoms with van der Waals surface area (Å²) in [5.41, 5.74) is 5.68. The lowest BCUT2D eigenvalue weighted by atomic mass is 10.3. The van der Waals surface area contributed by atoms with Crippen LogP contribution < -0.4 is 5.73 Å². The van der Waals surface area contributed by atoms with Crippen molar-refractivity contribution in [3.63, 3.8) is 0 Å². The Labute approximate surface area is 93.2 Å². The van der Waals surface area contributed by atoms with E-state index in [0.29, 0.717) is 5.69 Å². The average molecular weight is 254 g/mol. The molecule has 0 aliphatic carbocycles. The minimum Gasteiger partial charge on any atom is -0.476 e. The zero-order valence-corrected chi connectivity index (χ0v) is 8.78. The molecule has 7 heteroatoms. The van der Waals surface area contributed by atoms with Crippen LogP contribution in [0.4, 0.5) is 14.5 Å². The molecule has 82 valence electrons. The second-order valence-electron chi connectivity index (χ2n) is 2.61. The summed E-state index contributed by atoms with van der Waals surface area (Å²) in [4.78, 5) is 10.1. The Bertz CT molecular complexity index is 400. The molecule has 3 N–H and O–H groups in total. The number of halogens is 3. The first-order chi connectivity index (χ1) is 6.83. The SMILES string of the molecule is Nc1ccc(SC(F)(F)C(=O)O)c(Cl)c1. The highest BCUT2D eigenvalue weighted by Gasteiger charge is 2.40. The molecular formula is C8H6ClF2NO2S. The third kappa shape index (κ3) is 2.97. The molecule has 1 aromatic rings. The first-order valence-corrected chi connectivity index (χ1v) is 4.87. The number of aliphatic carboxylic acids is 1. The fourth-order valence-corrected chi connectivity index (χ4v) is 1.74. The summed E-state index contributed by atoms with van der Waals surface area (Å²) < 4.78 is 25.6. The van der Waals surface area contributed by atoms with Crippen molar-refractivity contribution in [2.24, 2.45) is 0 Å². The Balaban J connectivity index is 2.95. The maximum Gasteiger partial charge on any atom is 0.393 e. The van der Waals surface area contributed by atoms with Crippen LogP contribution in [0, 0.1) is 0 Å². The highest BCUT2D eigenvalue weighted by atomic mass is 35.5. The van der Waals surface area contributed by atoms with E-state index in [-0.39, 0.29) is 21.7 Å². The summed E-state index contributed by atoms with van der Waals surface area (Å²) in [5.74, 6) is -2.21. The van der Waals surface area contributed by atoms with Gasteiger partial charge in [0.05, 0.1) is 5.02 Å². The summed E-state index contributed by atoms with van der Waals surface area (Å²) in [7, 11) is 0. The minimum absolute atomic E-state index is 0.000856. The molecule has 0 heterocycles. The number of carboxylic acid groups (broad SMARTS) is 1. The fraction of sp³-hybridized carbons (Fsp3) is 0.125. The number of hydrogen-bond acceptors (Lipinski definition) is 3. The summed E-state index contributed by atoms with van der Waals surface area (Å²) >= 11 is 5.48. The summed E-state index contributed by atoms with van der Waals surface area (Å²) in [6, 6.07) is 3.90. The van der Waals surface area contributed by atoms with Crippen LogP contribution in [0.25, 0.3) is 0 Å². The van der Waals surface area contributed by atoms with E-state index in [2.05, 4.69) is 0 Å².